The number of fused-ring (bicyclic) bond motifs is 1. The van der Waals surface area contributed by atoms with Crippen LogP contribution in [0.4, 0.5) is 0 Å². The Morgan fingerprint density at radius 1 is 1.40 bits per heavy atom. The van der Waals surface area contributed by atoms with Crippen LogP contribution in [0.1, 0.15) is 23.9 Å². The number of halogens is 1. The van der Waals surface area contributed by atoms with E-state index in [1.54, 1.807) is 0 Å². The second kappa shape index (κ2) is 7.81. The van der Waals surface area contributed by atoms with Crippen molar-refractivity contribution in [3.63, 3.8) is 0 Å². The van der Waals surface area contributed by atoms with Gasteiger partial charge in [0.25, 0.3) is 5.91 Å². The van der Waals surface area contributed by atoms with E-state index >= 15 is 0 Å². The van der Waals surface area contributed by atoms with E-state index in [-0.39, 0.29) is 29.7 Å². The number of nitriles is 1. The largest absolute Gasteiger partial charge is 0.449 e. The van der Waals surface area contributed by atoms with E-state index in [0.29, 0.717) is 5.02 Å². The summed E-state index contributed by atoms with van der Waals surface area (Å²) in [5, 5.41) is 9.15. The summed E-state index contributed by atoms with van der Waals surface area (Å²) in [5.41, 5.74) is -0.255. The molecule has 0 fully saturated rings. The van der Waals surface area contributed by atoms with Gasteiger partial charge in [-0.2, -0.15) is 5.26 Å². The van der Waals surface area contributed by atoms with Gasteiger partial charge in [-0.15, -0.1) is 0 Å². The molecule has 0 aliphatic heterocycles. The molecule has 1 amide bonds. The summed E-state index contributed by atoms with van der Waals surface area (Å²) in [4.78, 5) is 37.6. The molecule has 1 atom stereocenters. The van der Waals surface area contributed by atoms with Gasteiger partial charge in [0.15, 0.2) is 11.5 Å². The zero-order chi connectivity index (χ0) is 18.6. The first-order chi connectivity index (χ1) is 11.8. The maximum atomic E-state index is 12.2. The lowest BCUT2D eigenvalue weighted by Gasteiger charge is -2.20. The fourth-order valence-electron chi connectivity index (χ4n) is 2.14. The summed E-state index contributed by atoms with van der Waals surface area (Å²) in [6.45, 7) is 1.63. The lowest BCUT2D eigenvalue weighted by atomic mass is 10.2. The summed E-state index contributed by atoms with van der Waals surface area (Å²) in [6.07, 6.45) is -0.909. The van der Waals surface area contributed by atoms with Crippen molar-refractivity contribution >= 4 is 34.4 Å². The number of amides is 1. The number of carbonyl (C=O) groups excluding carboxylic acids is 2. The van der Waals surface area contributed by atoms with Crippen molar-refractivity contribution in [2.24, 2.45) is 0 Å². The number of benzene rings is 1. The van der Waals surface area contributed by atoms with Crippen LogP contribution in [-0.2, 0) is 9.53 Å². The molecule has 0 aliphatic rings. The van der Waals surface area contributed by atoms with E-state index in [9.17, 15) is 14.4 Å². The molecule has 7 nitrogen and oxygen atoms in total. The van der Waals surface area contributed by atoms with E-state index in [2.05, 4.69) is 0 Å². The molecule has 0 unspecified atom stereocenters. The SMILES string of the molecule is C[C@@H](OC(=O)c1cc(=O)c2cc(Cl)ccc2o1)C(=O)N(C)CCC#N. The van der Waals surface area contributed by atoms with Crippen LogP contribution in [0, 0.1) is 11.3 Å². The topological polar surface area (TPSA) is 101 Å². The lowest BCUT2D eigenvalue weighted by Crippen LogP contribution is -2.38. The normalized spacial score (nSPS) is 11.6. The number of nitrogens with zero attached hydrogens (tertiary/aromatic N) is 2. The minimum atomic E-state index is -1.08. The van der Waals surface area contributed by atoms with E-state index < -0.39 is 23.4 Å². The van der Waals surface area contributed by atoms with Crippen LogP contribution < -0.4 is 5.43 Å². The highest BCUT2D eigenvalue weighted by molar-refractivity contribution is 6.31. The van der Waals surface area contributed by atoms with E-state index in [1.807, 2.05) is 6.07 Å². The summed E-state index contributed by atoms with van der Waals surface area (Å²) in [6, 6.07) is 7.36. The molecule has 0 bridgehead atoms. The predicted octanol–water partition coefficient (Wildman–Crippen LogP) is 2.36. The first-order valence-electron chi connectivity index (χ1n) is 7.40. The van der Waals surface area contributed by atoms with Crippen molar-refractivity contribution in [1.29, 1.82) is 5.26 Å². The Morgan fingerprint density at radius 3 is 2.80 bits per heavy atom. The third-order valence-electron chi connectivity index (χ3n) is 3.46. The Kier molecular flexibility index (Phi) is 5.78. The number of likely N-dealkylation sites (N-methyl/N-ethyl adjacent to an activating group) is 1. The fraction of sp³-hybridized carbons (Fsp3) is 0.294. The smallest absolute Gasteiger partial charge is 0.375 e. The van der Waals surface area contributed by atoms with Crippen LogP contribution in [0.5, 0.6) is 0 Å². The van der Waals surface area contributed by atoms with Crippen molar-refractivity contribution in [1.82, 2.24) is 4.90 Å². The number of carbonyl (C=O) groups is 2. The Labute approximate surface area is 148 Å². The summed E-state index contributed by atoms with van der Waals surface area (Å²) in [5.74, 6) is -1.69. The fourth-order valence-corrected chi connectivity index (χ4v) is 2.31. The highest BCUT2D eigenvalue weighted by Gasteiger charge is 2.23. The van der Waals surface area contributed by atoms with Crippen molar-refractivity contribution in [3.8, 4) is 6.07 Å². The molecule has 8 heteroatoms. The van der Waals surface area contributed by atoms with Crippen LogP contribution in [0.3, 0.4) is 0 Å². The highest BCUT2D eigenvalue weighted by atomic mass is 35.5. The van der Waals surface area contributed by atoms with Crippen LogP contribution in [0.25, 0.3) is 11.0 Å². The molecule has 0 aliphatic carbocycles. The van der Waals surface area contributed by atoms with Gasteiger partial charge in [0.1, 0.15) is 5.58 Å². The average Bonchev–Trinajstić information content (AvgIpc) is 2.59. The quantitative estimate of drug-likeness (QED) is 0.757. The molecule has 2 rings (SSSR count). The number of ether oxygens (including phenoxy) is 1. The second-order valence-corrected chi connectivity index (χ2v) is 5.77. The van der Waals surface area contributed by atoms with Gasteiger partial charge < -0.3 is 14.1 Å². The third kappa shape index (κ3) is 4.37. The Morgan fingerprint density at radius 2 is 2.12 bits per heavy atom. The Bertz CT molecular complexity index is 915. The summed E-state index contributed by atoms with van der Waals surface area (Å²) < 4.78 is 10.4. The molecular formula is C17H15ClN2O5. The van der Waals surface area contributed by atoms with Gasteiger partial charge in [0.05, 0.1) is 17.9 Å². The first kappa shape index (κ1) is 18.5. The van der Waals surface area contributed by atoms with Gasteiger partial charge in [-0.1, -0.05) is 11.6 Å². The van der Waals surface area contributed by atoms with Crippen LogP contribution in [0.2, 0.25) is 5.02 Å². The summed E-state index contributed by atoms with van der Waals surface area (Å²) >= 11 is 5.83. The zero-order valence-corrected chi connectivity index (χ0v) is 14.4. The van der Waals surface area contributed by atoms with E-state index in [1.165, 1.54) is 37.1 Å². The van der Waals surface area contributed by atoms with Crippen LogP contribution in [-0.4, -0.2) is 36.5 Å². The van der Waals surface area contributed by atoms with Gasteiger partial charge in [0.2, 0.25) is 5.76 Å². The van der Waals surface area contributed by atoms with E-state index in [0.717, 1.165) is 6.07 Å². The zero-order valence-electron chi connectivity index (χ0n) is 13.6. The van der Waals surface area contributed by atoms with Crippen molar-refractivity contribution in [2.75, 3.05) is 13.6 Å². The molecular weight excluding hydrogens is 348 g/mol. The number of esters is 1. The Balaban J connectivity index is 2.17. The Hall–Kier alpha value is -2.85. The molecule has 25 heavy (non-hydrogen) atoms. The number of hydrogen-bond acceptors (Lipinski definition) is 6. The van der Waals surface area contributed by atoms with Crippen LogP contribution >= 0.6 is 11.6 Å². The minimum absolute atomic E-state index is 0.172. The minimum Gasteiger partial charge on any atom is -0.449 e. The summed E-state index contributed by atoms with van der Waals surface area (Å²) in [7, 11) is 1.50. The van der Waals surface area contributed by atoms with Gasteiger partial charge in [0, 0.05) is 24.7 Å². The maximum absolute atomic E-state index is 12.2. The number of hydrogen-bond donors (Lipinski definition) is 0. The standard InChI is InChI=1S/C17H15ClN2O5/c1-10(16(22)20(2)7-3-6-19)24-17(23)15-9-13(21)12-8-11(18)4-5-14(12)25-15/h4-5,8-10H,3,7H2,1-2H3/t10-/m1/s1. The molecule has 0 spiro atoms. The van der Waals surface area contributed by atoms with Crippen molar-refractivity contribution < 1.29 is 18.7 Å². The molecule has 130 valence electrons. The van der Waals surface area contributed by atoms with Crippen molar-refractivity contribution in [2.45, 2.75) is 19.4 Å². The maximum Gasteiger partial charge on any atom is 0.375 e. The molecule has 2 aromatic rings. The molecule has 1 heterocycles. The highest BCUT2D eigenvalue weighted by Crippen LogP contribution is 2.18. The number of rotatable bonds is 5. The second-order valence-electron chi connectivity index (χ2n) is 5.33. The lowest BCUT2D eigenvalue weighted by molar-refractivity contribution is -0.138. The molecule has 0 N–H and O–H groups in total. The predicted molar refractivity (Wildman–Crippen MR) is 90.2 cm³/mol. The molecule has 0 saturated heterocycles. The molecule has 1 aromatic carbocycles. The molecule has 0 saturated carbocycles. The first-order valence-corrected chi connectivity index (χ1v) is 7.77. The molecule has 0 radical (unpaired) electrons. The van der Waals surface area contributed by atoms with E-state index in [4.69, 9.17) is 26.0 Å². The van der Waals surface area contributed by atoms with Gasteiger partial charge in [-0.05, 0) is 25.1 Å². The van der Waals surface area contributed by atoms with Crippen molar-refractivity contribution in [3.05, 3.63) is 45.3 Å². The molecule has 1 aromatic heterocycles. The average molecular weight is 363 g/mol. The van der Waals surface area contributed by atoms with Gasteiger partial charge in [-0.25, -0.2) is 4.79 Å². The van der Waals surface area contributed by atoms with Crippen LogP contribution in [0.15, 0.2) is 33.5 Å². The van der Waals surface area contributed by atoms with Gasteiger partial charge >= 0.3 is 5.97 Å². The third-order valence-corrected chi connectivity index (χ3v) is 3.69. The monoisotopic (exact) mass is 362 g/mol. The van der Waals surface area contributed by atoms with Gasteiger partial charge in [-0.3, -0.25) is 9.59 Å².